The Hall–Kier alpha value is -0.860. The summed E-state index contributed by atoms with van der Waals surface area (Å²) in [7, 11) is 0. The highest BCUT2D eigenvalue weighted by molar-refractivity contribution is 5.34. The van der Waals surface area contributed by atoms with E-state index in [9.17, 15) is 0 Å². The predicted octanol–water partition coefficient (Wildman–Crippen LogP) is 3.44. The highest BCUT2D eigenvalue weighted by atomic mass is 15.1. The molecule has 3 rings (SSSR count). The van der Waals surface area contributed by atoms with Crippen LogP contribution < -0.4 is 0 Å². The summed E-state index contributed by atoms with van der Waals surface area (Å²) < 4.78 is 0. The molecule has 0 saturated carbocycles. The molecule has 20 heavy (non-hydrogen) atoms. The van der Waals surface area contributed by atoms with Crippen LogP contribution in [-0.4, -0.2) is 35.5 Å². The molecule has 1 fully saturated rings. The van der Waals surface area contributed by atoms with Gasteiger partial charge in [0.1, 0.15) is 0 Å². The molecule has 1 aromatic rings. The second-order valence-electron chi connectivity index (χ2n) is 6.56. The van der Waals surface area contributed by atoms with Crippen LogP contribution in [0.2, 0.25) is 0 Å². The van der Waals surface area contributed by atoms with Gasteiger partial charge in [0.05, 0.1) is 0 Å². The van der Waals surface area contributed by atoms with Gasteiger partial charge in [0, 0.05) is 19.1 Å². The average molecular weight is 272 g/mol. The summed E-state index contributed by atoms with van der Waals surface area (Å²) in [4.78, 5) is 5.20. The Morgan fingerprint density at radius 3 is 2.65 bits per heavy atom. The van der Waals surface area contributed by atoms with E-state index in [2.05, 4.69) is 41.8 Å². The van der Waals surface area contributed by atoms with Gasteiger partial charge >= 0.3 is 0 Å². The number of piperidine rings is 1. The van der Waals surface area contributed by atoms with Crippen molar-refractivity contribution in [1.82, 2.24) is 9.80 Å². The maximum absolute atomic E-state index is 2.62. The lowest BCUT2D eigenvalue weighted by Gasteiger charge is -2.34. The van der Waals surface area contributed by atoms with Crippen molar-refractivity contribution in [2.24, 2.45) is 0 Å². The van der Waals surface area contributed by atoms with Crippen molar-refractivity contribution in [3.63, 3.8) is 0 Å². The van der Waals surface area contributed by atoms with Crippen molar-refractivity contribution in [2.75, 3.05) is 19.6 Å². The Morgan fingerprint density at radius 2 is 1.90 bits per heavy atom. The molecule has 2 nitrogen and oxygen atoms in total. The number of hydrogen-bond acceptors (Lipinski definition) is 2. The quantitative estimate of drug-likeness (QED) is 0.831. The molecule has 1 saturated heterocycles. The summed E-state index contributed by atoms with van der Waals surface area (Å²) in [6.07, 6.45) is 5.41. The van der Waals surface area contributed by atoms with Crippen molar-refractivity contribution in [1.29, 1.82) is 0 Å². The Labute approximate surface area is 123 Å². The lowest BCUT2D eigenvalue weighted by Crippen LogP contribution is -2.38. The first-order valence-electron chi connectivity index (χ1n) is 8.33. The van der Waals surface area contributed by atoms with Crippen LogP contribution in [0.15, 0.2) is 18.2 Å². The molecule has 0 amide bonds. The summed E-state index contributed by atoms with van der Waals surface area (Å²) in [5.74, 6) is 0. The van der Waals surface area contributed by atoms with Crippen LogP contribution in [0.4, 0.5) is 0 Å². The highest BCUT2D eigenvalue weighted by Gasteiger charge is 2.21. The van der Waals surface area contributed by atoms with Crippen LogP contribution in [0, 0.1) is 0 Å². The van der Waals surface area contributed by atoms with Gasteiger partial charge < -0.3 is 0 Å². The molecule has 1 unspecified atom stereocenters. The van der Waals surface area contributed by atoms with Gasteiger partial charge in [0.2, 0.25) is 0 Å². The fourth-order valence-corrected chi connectivity index (χ4v) is 3.74. The van der Waals surface area contributed by atoms with Gasteiger partial charge in [-0.2, -0.15) is 0 Å². The third-order valence-corrected chi connectivity index (χ3v) is 5.04. The Kier molecular flexibility index (Phi) is 4.42. The molecular weight excluding hydrogens is 244 g/mol. The third-order valence-electron chi connectivity index (χ3n) is 5.04. The number of likely N-dealkylation sites (tertiary alicyclic amines) is 1. The first-order chi connectivity index (χ1) is 9.76. The topological polar surface area (TPSA) is 6.48 Å². The zero-order valence-corrected chi connectivity index (χ0v) is 13.1. The molecule has 2 heteroatoms. The van der Waals surface area contributed by atoms with Gasteiger partial charge in [0.25, 0.3) is 0 Å². The standard InChI is InChI=1S/C18H28N2/c1-3-20-14-17-8-7-16(12-18(17)11-15(20)2)13-19-9-5-4-6-10-19/h7-8,12,15H,3-6,9-11,13-14H2,1-2H3. The van der Waals surface area contributed by atoms with Crippen molar-refractivity contribution >= 4 is 0 Å². The van der Waals surface area contributed by atoms with E-state index in [0.717, 1.165) is 19.6 Å². The molecule has 2 heterocycles. The summed E-state index contributed by atoms with van der Waals surface area (Å²) in [6, 6.07) is 7.91. The fourth-order valence-electron chi connectivity index (χ4n) is 3.74. The second kappa shape index (κ2) is 6.28. The van der Waals surface area contributed by atoms with E-state index < -0.39 is 0 Å². The average Bonchev–Trinajstić information content (AvgIpc) is 2.47. The summed E-state index contributed by atoms with van der Waals surface area (Å²) >= 11 is 0. The fraction of sp³-hybridized carbons (Fsp3) is 0.667. The van der Waals surface area contributed by atoms with Crippen molar-refractivity contribution in [3.8, 4) is 0 Å². The van der Waals surface area contributed by atoms with Crippen molar-refractivity contribution in [3.05, 3.63) is 34.9 Å². The lowest BCUT2D eigenvalue weighted by atomic mass is 9.93. The molecule has 1 atom stereocenters. The first-order valence-corrected chi connectivity index (χ1v) is 8.33. The van der Waals surface area contributed by atoms with Crippen LogP contribution in [0.1, 0.15) is 49.8 Å². The molecule has 0 aliphatic carbocycles. The lowest BCUT2D eigenvalue weighted by molar-refractivity contribution is 0.194. The normalized spacial score (nSPS) is 24.6. The van der Waals surface area contributed by atoms with E-state index in [4.69, 9.17) is 0 Å². The van der Waals surface area contributed by atoms with Gasteiger partial charge in [0.15, 0.2) is 0 Å². The van der Waals surface area contributed by atoms with E-state index in [0.29, 0.717) is 6.04 Å². The Balaban J connectivity index is 1.71. The summed E-state index contributed by atoms with van der Waals surface area (Å²) in [5, 5.41) is 0. The molecule has 0 aromatic heterocycles. The van der Waals surface area contributed by atoms with E-state index in [1.165, 1.54) is 44.3 Å². The maximum atomic E-state index is 2.62. The van der Waals surface area contributed by atoms with Gasteiger partial charge in [-0.1, -0.05) is 31.5 Å². The molecule has 2 aliphatic heterocycles. The van der Waals surface area contributed by atoms with E-state index >= 15 is 0 Å². The SMILES string of the molecule is CCN1Cc2ccc(CN3CCCCC3)cc2CC1C. The minimum Gasteiger partial charge on any atom is -0.299 e. The number of rotatable bonds is 3. The predicted molar refractivity (Wildman–Crippen MR) is 84.8 cm³/mol. The Morgan fingerprint density at radius 1 is 1.10 bits per heavy atom. The molecular formula is C18H28N2. The monoisotopic (exact) mass is 272 g/mol. The van der Waals surface area contributed by atoms with Crippen molar-refractivity contribution < 1.29 is 0 Å². The highest BCUT2D eigenvalue weighted by Crippen LogP contribution is 2.25. The van der Waals surface area contributed by atoms with Crippen LogP contribution in [0.5, 0.6) is 0 Å². The molecule has 1 aromatic carbocycles. The van der Waals surface area contributed by atoms with Crippen LogP contribution >= 0.6 is 0 Å². The molecule has 110 valence electrons. The summed E-state index contributed by atoms with van der Waals surface area (Å²) in [6.45, 7) is 10.7. The molecule has 0 bridgehead atoms. The molecule has 0 radical (unpaired) electrons. The third kappa shape index (κ3) is 3.07. The molecule has 0 N–H and O–H groups in total. The van der Waals surface area contributed by atoms with E-state index in [-0.39, 0.29) is 0 Å². The van der Waals surface area contributed by atoms with Crippen LogP contribution in [0.25, 0.3) is 0 Å². The Bertz CT molecular complexity index is 449. The number of hydrogen-bond donors (Lipinski definition) is 0. The van der Waals surface area contributed by atoms with Gasteiger partial charge in [-0.25, -0.2) is 0 Å². The largest absolute Gasteiger partial charge is 0.299 e. The van der Waals surface area contributed by atoms with Crippen LogP contribution in [0.3, 0.4) is 0 Å². The number of nitrogens with zero attached hydrogens (tertiary/aromatic N) is 2. The molecule has 0 spiro atoms. The zero-order chi connectivity index (χ0) is 13.9. The second-order valence-corrected chi connectivity index (χ2v) is 6.56. The van der Waals surface area contributed by atoms with Crippen molar-refractivity contribution in [2.45, 2.75) is 58.7 Å². The maximum Gasteiger partial charge on any atom is 0.0239 e. The van der Waals surface area contributed by atoms with Gasteiger partial charge in [-0.3, -0.25) is 9.80 Å². The first kappa shape index (κ1) is 14.1. The van der Waals surface area contributed by atoms with E-state index in [1.807, 2.05) is 0 Å². The number of benzene rings is 1. The van der Waals surface area contributed by atoms with Gasteiger partial charge in [-0.05, 0) is 62.5 Å². The zero-order valence-electron chi connectivity index (χ0n) is 13.1. The molecule has 2 aliphatic rings. The minimum atomic E-state index is 0.692. The number of likely N-dealkylation sites (N-methyl/N-ethyl adjacent to an activating group) is 1. The smallest absolute Gasteiger partial charge is 0.0239 e. The minimum absolute atomic E-state index is 0.692. The van der Waals surface area contributed by atoms with Crippen LogP contribution in [-0.2, 0) is 19.5 Å². The number of fused-ring (bicyclic) bond motifs is 1. The van der Waals surface area contributed by atoms with Gasteiger partial charge in [-0.15, -0.1) is 0 Å². The summed E-state index contributed by atoms with van der Waals surface area (Å²) in [5.41, 5.74) is 4.66. The van der Waals surface area contributed by atoms with E-state index in [1.54, 1.807) is 11.1 Å².